The minimum atomic E-state index is -0.308. The van der Waals surface area contributed by atoms with Crippen molar-refractivity contribution in [1.29, 1.82) is 0 Å². The summed E-state index contributed by atoms with van der Waals surface area (Å²) in [6.45, 7) is 2.71. The molecule has 0 aliphatic carbocycles. The van der Waals surface area contributed by atoms with E-state index in [1.807, 2.05) is 0 Å². The average molecular weight is 317 g/mol. The van der Waals surface area contributed by atoms with Crippen molar-refractivity contribution >= 4 is 5.91 Å². The lowest BCUT2D eigenvalue weighted by molar-refractivity contribution is -0.120. The van der Waals surface area contributed by atoms with E-state index in [-0.39, 0.29) is 18.1 Å². The molecule has 5 nitrogen and oxygen atoms in total. The first kappa shape index (κ1) is 15.7. The number of halogens is 1. The molecule has 0 spiro atoms. The minimum absolute atomic E-state index is 0.0606. The molecule has 1 amide bonds. The van der Waals surface area contributed by atoms with Crippen LogP contribution >= 0.6 is 0 Å². The highest BCUT2D eigenvalue weighted by molar-refractivity contribution is 5.78. The lowest BCUT2D eigenvalue weighted by atomic mass is 10.00. The number of carbonyl (C=O) groups is 1. The maximum atomic E-state index is 12.9. The highest BCUT2D eigenvalue weighted by Gasteiger charge is 2.15. The van der Waals surface area contributed by atoms with Crippen LogP contribution in [0.2, 0.25) is 0 Å². The molecule has 3 rings (SSSR count). The summed E-state index contributed by atoms with van der Waals surface area (Å²) in [6.07, 6.45) is 3.96. The Labute approximate surface area is 134 Å². The average Bonchev–Trinajstić information content (AvgIpc) is 3.03. The number of nitrogens with zero attached hydrogens (tertiary/aromatic N) is 1. The molecule has 2 aromatic rings. The number of aromatic nitrogens is 1. The Kier molecular flexibility index (Phi) is 5.02. The lowest BCUT2D eigenvalue weighted by Crippen LogP contribution is -2.38. The standard InChI is InChI=1S/C17H20FN3O2/c18-14-5-3-13(4-6-14)17-21-15(11-23-17)8-16(22)20-10-12-2-1-7-19-9-12/h3-6,11-12,19H,1-2,7-10H2,(H,20,22). The number of hydrogen-bond donors (Lipinski definition) is 2. The van der Waals surface area contributed by atoms with Gasteiger partial charge in [0.25, 0.3) is 0 Å². The second-order valence-corrected chi connectivity index (χ2v) is 5.84. The van der Waals surface area contributed by atoms with Crippen LogP contribution in [-0.4, -0.2) is 30.5 Å². The van der Waals surface area contributed by atoms with Crippen LogP contribution in [0.25, 0.3) is 11.5 Å². The topological polar surface area (TPSA) is 67.2 Å². The van der Waals surface area contributed by atoms with Crippen LogP contribution in [0.4, 0.5) is 4.39 Å². The normalized spacial score (nSPS) is 17.9. The van der Waals surface area contributed by atoms with E-state index in [2.05, 4.69) is 15.6 Å². The molecule has 0 saturated carbocycles. The van der Waals surface area contributed by atoms with Crippen LogP contribution in [0.15, 0.2) is 34.9 Å². The Bertz CT molecular complexity index is 648. The highest BCUT2D eigenvalue weighted by atomic mass is 19.1. The number of benzene rings is 1. The second-order valence-electron chi connectivity index (χ2n) is 5.84. The number of nitrogens with one attached hydrogen (secondary N) is 2. The zero-order valence-electron chi connectivity index (χ0n) is 12.8. The van der Waals surface area contributed by atoms with Gasteiger partial charge in [0.15, 0.2) is 0 Å². The molecule has 1 aliphatic heterocycles. The van der Waals surface area contributed by atoms with Crippen molar-refractivity contribution in [2.75, 3.05) is 19.6 Å². The molecule has 1 saturated heterocycles. The molecule has 2 heterocycles. The quantitative estimate of drug-likeness (QED) is 0.886. The van der Waals surface area contributed by atoms with Gasteiger partial charge in [-0.1, -0.05) is 0 Å². The van der Waals surface area contributed by atoms with Crippen molar-refractivity contribution < 1.29 is 13.6 Å². The van der Waals surface area contributed by atoms with Gasteiger partial charge in [-0.05, 0) is 56.1 Å². The van der Waals surface area contributed by atoms with Gasteiger partial charge < -0.3 is 15.1 Å². The van der Waals surface area contributed by atoms with Crippen LogP contribution in [0.5, 0.6) is 0 Å². The van der Waals surface area contributed by atoms with E-state index >= 15 is 0 Å². The van der Waals surface area contributed by atoms with E-state index in [1.54, 1.807) is 12.1 Å². The first-order chi connectivity index (χ1) is 11.2. The molecule has 0 radical (unpaired) electrons. The summed E-state index contributed by atoms with van der Waals surface area (Å²) < 4.78 is 18.3. The van der Waals surface area contributed by atoms with Gasteiger partial charge in [0.05, 0.1) is 12.1 Å². The molecular formula is C17H20FN3O2. The van der Waals surface area contributed by atoms with E-state index in [0.29, 0.717) is 29.6 Å². The molecule has 1 unspecified atom stereocenters. The number of rotatable bonds is 5. The molecule has 0 bridgehead atoms. The molecular weight excluding hydrogens is 297 g/mol. The van der Waals surface area contributed by atoms with E-state index in [1.165, 1.54) is 18.4 Å². The Hall–Kier alpha value is -2.21. The van der Waals surface area contributed by atoms with E-state index in [4.69, 9.17) is 4.42 Å². The maximum Gasteiger partial charge on any atom is 0.226 e. The summed E-state index contributed by atoms with van der Waals surface area (Å²) >= 11 is 0. The van der Waals surface area contributed by atoms with Crippen LogP contribution in [0.1, 0.15) is 18.5 Å². The first-order valence-corrected chi connectivity index (χ1v) is 7.88. The van der Waals surface area contributed by atoms with Crippen LogP contribution < -0.4 is 10.6 Å². The summed E-state index contributed by atoms with van der Waals surface area (Å²) in [5, 5.41) is 6.28. The predicted octanol–water partition coefficient (Wildman–Crippen LogP) is 2.14. The van der Waals surface area contributed by atoms with Gasteiger partial charge in [0.1, 0.15) is 12.1 Å². The summed E-state index contributed by atoms with van der Waals surface area (Å²) in [6, 6.07) is 5.90. The van der Waals surface area contributed by atoms with Gasteiger partial charge in [-0.2, -0.15) is 0 Å². The number of oxazole rings is 1. The summed E-state index contributed by atoms with van der Waals surface area (Å²) in [4.78, 5) is 16.3. The van der Waals surface area contributed by atoms with Crippen LogP contribution in [0, 0.1) is 11.7 Å². The van der Waals surface area contributed by atoms with Crippen molar-refractivity contribution in [3.8, 4) is 11.5 Å². The summed E-state index contributed by atoms with van der Waals surface area (Å²) in [7, 11) is 0. The fourth-order valence-electron chi connectivity index (χ4n) is 2.70. The number of hydrogen-bond acceptors (Lipinski definition) is 4. The van der Waals surface area contributed by atoms with Crippen molar-refractivity contribution in [1.82, 2.24) is 15.6 Å². The SMILES string of the molecule is O=C(Cc1coc(-c2ccc(F)cc2)n1)NCC1CCCNC1. The van der Waals surface area contributed by atoms with Crippen molar-refractivity contribution in [3.05, 3.63) is 42.0 Å². The third kappa shape index (κ3) is 4.39. The Morgan fingerprint density at radius 2 is 2.22 bits per heavy atom. The monoisotopic (exact) mass is 317 g/mol. The predicted molar refractivity (Wildman–Crippen MR) is 84.2 cm³/mol. The molecule has 23 heavy (non-hydrogen) atoms. The van der Waals surface area contributed by atoms with Crippen LogP contribution in [-0.2, 0) is 11.2 Å². The molecule has 1 aliphatic rings. The lowest BCUT2D eigenvalue weighted by Gasteiger charge is -2.22. The molecule has 1 fully saturated rings. The zero-order valence-corrected chi connectivity index (χ0v) is 12.8. The molecule has 2 N–H and O–H groups in total. The molecule has 6 heteroatoms. The molecule has 1 aromatic heterocycles. The zero-order chi connectivity index (χ0) is 16.1. The molecule has 1 aromatic carbocycles. The third-order valence-electron chi connectivity index (χ3n) is 3.97. The smallest absolute Gasteiger partial charge is 0.226 e. The fourth-order valence-corrected chi connectivity index (χ4v) is 2.70. The number of carbonyl (C=O) groups excluding carboxylic acids is 1. The largest absolute Gasteiger partial charge is 0.444 e. The van der Waals surface area contributed by atoms with E-state index in [9.17, 15) is 9.18 Å². The maximum absolute atomic E-state index is 12.9. The third-order valence-corrected chi connectivity index (χ3v) is 3.97. The highest BCUT2D eigenvalue weighted by Crippen LogP contribution is 2.19. The van der Waals surface area contributed by atoms with Crippen molar-refractivity contribution in [2.24, 2.45) is 5.92 Å². The number of piperidine rings is 1. The van der Waals surface area contributed by atoms with Crippen molar-refractivity contribution in [2.45, 2.75) is 19.3 Å². The van der Waals surface area contributed by atoms with E-state index < -0.39 is 0 Å². The fraction of sp³-hybridized carbons (Fsp3) is 0.412. The van der Waals surface area contributed by atoms with Crippen molar-refractivity contribution in [3.63, 3.8) is 0 Å². The van der Waals surface area contributed by atoms with Gasteiger partial charge in [-0.25, -0.2) is 9.37 Å². The Morgan fingerprint density at radius 1 is 1.39 bits per heavy atom. The van der Waals surface area contributed by atoms with Crippen LogP contribution in [0.3, 0.4) is 0 Å². The molecule has 122 valence electrons. The van der Waals surface area contributed by atoms with Gasteiger partial charge in [0, 0.05) is 12.1 Å². The van der Waals surface area contributed by atoms with Gasteiger partial charge >= 0.3 is 0 Å². The molecule has 1 atom stereocenters. The summed E-state index contributed by atoms with van der Waals surface area (Å²) in [5.41, 5.74) is 1.26. The second kappa shape index (κ2) is 7.37. The van der Waals surface area contributed by atoms with Gasteiger partial charge in [0.2, 0.25) is 11.8 Å². The Morgan fingerprint density at radius 3 is 2.96 bits per heavy atom. The first-order valence-electron chi connectivity index (χ1n) is 7.88. The Balaban J connectivity index is 1.51. The van der Waals surface area contributed by atoms with E-state index in [0.717, 1.165) is 25.9 Å². The summed E-state index contributed by atoms with van der Waals surface area (Å²) in [5.74, 6) is 0.524. The minimum Gasteiger partial charge on any atom is -0.444 e. The van der Waals surface area contributed by atoms with Gasteiger partial charge in [-0.15, -0.1) is 0 Å². The van der Waals surface area contributed by atoms with Gasteiger partial charge in [-0.3, -0.25) is 4.79 Å². The number of amides is 1.